The molecule has 7 nitrogen and oxygen atoms in total. The molecular weight excluding hydrogens is 432 g/mol. The number of allylic oxidation sites excluding steroid dienone is 2. The van der Waals surface area contributed by atoms with Gasteiger partial charge in [-0.3, -0.25) is 19.3 Å². The molecule has 4 rings (SSSR count). The molecule has 1 N–H and O–H groups in total. The van der Waals surface area contributed by atoms with Gasteiger partial charge in [0.1, 0.15) is 6.04 Å². The van der Waals surface area contributed by atoms with Crippen molar-refractivity contribution in [3.8, 4) is 0 Å². The molecule has 34 heavy (non-hydrogen) atoms. The van der Waals surface area contributed by atoms with Gasteiger partial charge in [0.15, 0.2) is 6.61 Å². The first kappa shape index (κ1) is 23.4. The summed E-state index contributed by atoms with van der Waals surface area (Å²) in [6, 6.07) is 13.7. The van der Waals surface area contributed by atoms with Crippen molar-refractivity contribution in [3.63, 3.8) is 0 Å². The number of imide groups is 1. The molecule has 0 spiro atoms. The molecule has 1 aliphatic heterocycles. The minimum Gasteiger partial charge on any atom is -0.454 e. The van der Waals surface area contributed by atoms with Crippen LogP contribution in [-0.2, 0) is 30.3 Å². The second-order valence-corrected chi connectivity index (χ2v) is 8.83. The van der Waals surface area contributed by atoms with Crippen LogP contribution in [-0.4, -0.2) is 41.2 Å². The molecule has 2 aliphatic rings. The van der Waals surface area contributed by atoms with E-state index in [0.717, 1.165) is 21.6 Å². The van der Waals surface area contributed by atoms with E-state index >= 15 is 0 Å². The number of anilines is 1. The van der Waals surface area contributed by atoms with Crippen LogP contribution in [0.5, 0.6) is 0 Å². The van der Waals surface area contributed by atoms with Crippen LogP contribution < -0.4 is 5.32 Å². The Labute approximate surface area is 198 Å². The highest BCUT2D eigenvalue weighted by molar-refractivity contribution is 6.08. The number of hydrogen-bond acceptors (Lipinski definition) is 5. The van der Waals surface area contributed by atoms with Gasteiger partial charge in [0.05, 0.1) is 11.8 Å². The van der Waals surface area contributed by atoms with Crippen molar-refractivity contribution in [1.29, 1.82) is 0 Å². The lowest BCUT2D eigenvalue weighted by Crippen LogP contribution is -2.48. The van der Waals surface area contributed by atoms with E-state index in [2.05, 4.69) is 5.32 Å². The maximum absolute atomic E-state index is 13.2. The third kappa shape index (κ3) is 4.78. The second kappa shape index (κ2) is 10.0. The number of benzene rings is 2. The largest absolute Gasteiger partial charge is 0.454 e. The minimum absolute atomic E-state index is 0.128. The number of nitrogens with zero attached hydrogens (tertiary/aromatic N) is 1. The Kier molecular flexibility index (Phi) is 6.91. The molecule has 1 heterocycles. The number of carbonyl (C=O) groups excluding carboxylic acids is 4. The number of nitrogens with one attached hydrogen (secondary N) is 1. The third-order valence-electron chi connectivity index (χ3n) is 6.49. The van der Waals surface area contributed by atoms with Gasteiger partial charge in [0.2, 0.25) is 11.8 Å². The fraction of sp³-hybridized carbons (Fsp3) is 0.333. The Morgan fingerprint density at radius 1 is 0.941 bits per heavy atom. The Morgan fingerprint density at radius 3 is 2.12 bits per heavy atom. The summed E-state index contributed by atoms with van der Waals surface area (Å²) in [5.74, 6) is -2.85. The number of aryl methyl sites for hydroxylation is 2. The molecule has 3 amide bonds. The zero-order valence-corrected chi connectivity index (χ0v) is 19.3. The van der Waals surface area contributed by atoms with Gasteiger partial charge in [-0.2, -0.15) is 0 Å². The van der Waals surface area contributed by atoms with E-state index < -0.39 is 36.4 Å². The predicted molar refractivity (Wildman–Crippen MR) is 127 cm³/mol. The maximum Gasteiger partial charge on any atom is 0.330 e. The molecule has 2 aromatic carbocycles. The van der Waals surface area contributed by atoms with Crippen molar-refractivity contribution in [2.45, 2.75) is 39.2 Å². The molecular formula is C27H28N2O5. The SMILES string of the molecule is Cc1cccc(C)c1NC(=O)COC(=O)[C@H](Cc1ccccc1)N1C(=O)[C@H]2CC=CC[C@@H]2C1=O. The van der Waals surface area contributed by atoms with Gasteiger partial charge in [0, 0.05) is 12.1 Å². The van der Waals surface area contributed by atoms with Crippen molar-refractivity contribution in [1.82, 2.24) is 4.90 Å². The highest BCUT2D eigenvalue weighted by atomic mass is 16.5. The van der Waals surface area contributed by atoms with E-state index in [-0.39, 0.29) is 18.2 Å². The lowest BCUT2D eigenvalue weighted by molar-refractivity contribution is -0.160. The summed E-state index contributed by atoms with van der Waals surface area (Å²) in [7, 11) is 0. The monoisotopic (exact) mass is 460 g/mol. The first-order valence-corrected chi connectivity index (χ1v) is 11.5. The van der Waals surface area contributed by atoms with Crippen molar-refractivity contribution < 1.29 is 23.9 Å². The zero-order chi connectivity index (χ0) is 24.2. The standard InChI is InChI=1S/C27H28N2O5/c1-17-9-8-10-18(2)24(17)28-23(30)16-34-27(33)22(15-19-11-4-3-5-12-19)29-25(31)20-13-6-7-14-21(20)26(29)32/h3-12,20-22H,13-16H2,1-2H3,(H,28,30)/t20-,21-,22-/m0/s1. The number of carbonyl (C=O) groups is 4. The van der Waals surface area contributed by atoms with Gasteiger partial charge < -0.3 is 10.1 Å². The van der Waals surface area contributed by atoms with Crippen molar-refractivity contribution in [2.24, 2.45) is 11.8 Å². The molecule has 0 aromatic heterocycles. The van der Waals surface area contributed by atoms with E-state index in [1.54, 1.807) is 0 Å². The fourth-order valence-corrected chi connectivity index (χ4v) is 4.67. The number of esters is 1. The Balaban J connectivity index is 1.50. The van der Waals surface area contributed by atoms with Crippen LogP contribution in [0.1, 0.15) is 29.5 Å². The average Bonchev–Trinajstić information content (AvgIpc) is 3.09. The average molecular weight is 461 g/mol. The van der Waals surface area contributed by atoms with Crippen molar-refractivity contribution in [2.75, 3.05) is 11.9 Å². The lowest BCUT2D eigenvalue weighted by atomic mass is 9.85. The van der Waals surface area contributed by atoms with Gasteiger partial charge in [-0.15, -0.1) is 0 Å². The normalized spacial score (nSPS) is 20.1. The third-order valence-corrected chi connectivity index (χ3v) is 6.49. The molecule has 0 unspecified atom stereocenters. The van der Waals surface area contributed by atoms with Crippen LogP contribution in [0.25, 0.3) is 0 Å². The fourth-order valence-electron chi connectivity index (χ4n) is 4.67. The van der Waals surface area contributed by atoms with Crippen LogP contribution >= 0.6 is 0 Å². The highest BCUT2D eigenvalue weighted by Crippen LogP contribution is 2.36. The first-order valence-electron chi connectivity index (χ1n) is 11.5. The number of hydrogen-bond donors (Lipinski definition) is 1. The summed E-state index contributed by atoms with van der Waals surface area (Å²) >= 11 is 0. The number of likely N-dealkylation sites (tertiary alicyclic amines) is 1. The van der Waals surface area contributed by atoms with Gasteiger partial charge >= 0.3 is 5.97 Å². The number of rotatable bonds is 7. The quantitative estimate of drug-likeness (QED) is 0.389. The van der Waals surface area contributed by atoms with Crippen molar-refractivity contribution >= 4 is 29.4 Å². The van der Waals surface area contributed by atoms with Gasteiger partial charge in [0.25, 0.3) is 5.91 Å². The molecule has 1 aliphatic carbocycles. The molecule has 0 radical (unpaired) electrons. The van der Waals surface area contributed by atoms with E-state index in [4.69, 9.17) is 4.74 Å². The van der Waals surface area contributed by atoms with Crippen LogP contribution in [0.2, 0.25) is 0 Å². The van der Waals surface area contributed by atoms with E-state index in [9.17, 15) is 19.2 Å². The van der Waals surface area contributed by atoms with E-state index in [1.165, 1.54) is 0 Å². The maximum atomic E-state index is 13.2. The van der Waals surface area contributed by atoms with E-state index in [0.29, 0.717) is 18.5 Å². The summed E-state index contributed by atoms with van der Waals surface area (Å²) in [4.78, 5) is 53.0. The molecule has 3 atom stereocenters. The summed E-state index contributed by atoms with van der Waals surface area (Å²) in [5, 5.41) is 2.78. The smallest absolute Gasteiger partial charge is 0.330 e. The van der Waals surface area contributed by atoms with E-state index in [1.807, 2.05) is 74.5 Å². The molecule has 2 aromatic rings. The molecule has 0 saturated carbocycles. The van der Waals surface area contributed by atoms with Crippen LogP contribution in [0.15, 0.2) is 60.7 Å². The molecule has 1 saturated heterocycles. The van der Waals surface area contributed by atoms with Crippen LogP contribution in [0, 0.1) is 25.7 Å². The highest BCUT2D eigenvalue weighted by Gasteiger charge is 2.51. The Morgan fingerprint density at radius 2 is 1.53 bits per heavy atom. The summed E-state index contributed by atoms with van der Waals surface area (Å²) in [6.45, 7) is 3.25. The topological polar surface area (TPSA) is 92.8 Å². The molecule has 176 valence electrons. The second-order valence-electron chi connectivity index (χ2n) is 8.83. The Hall–Kier alpha value is -3.74. The zero-order valence-electron chi connectivity index (χ0n) is 19.3. The van der Waals surface area contributed by atoms with Gasteiger partial charge in [-0.1, -0.05) is 60.7 Å². The predicted octanol–water partition coefficient (Wildman–Crippen LogP) is 3.35. The molecule has 1 fully saturated rings. The summed E-state index contributed by atoms with van der Waals surface area (Å²) in [5.41, 5.74) is 3.25. The van der Waals surface area contributed by atoms with Crippen LogP contribution in [0.3, 0.4) is 0 Å². The summed E-state index contributed by atoms with van der Waals surface area (Å²) in [6.07, 6.45) is 4.90. The minimum atomic E-state index is -1.12. The number of fused-ring (bicyclic) bond motifs is 1. The van der Waals surface area contributed by atoms with Crippen LogP contribution in [0.4, 0.5) is 5.69 Å². The van der Waals surface area contributed by atoms with Crippen molar-refractivity contribution in [3.05, 3.63) is 77.4 Å². The number of para-hydroxylation sites is 1. The summed E-state index contributed by atoms with van der Waals surface area (Å²) < 4.78 is 5.34. The lowest BCUT2D eigenvalue weighted by Gasteiger charge is -2.25. The number of ether oxygens (including phenoxy) is 1. The molecule has 0 bridgehead atoms. The molecule has 7 heteroatoms. The number of amides is 3. The first-order chi connectivity index (χ1) is 16.4. The van der Waals surface area contributed by atoms with Gasteiger partial charge in [-0.25, -0.2) is 4.79 Å². The van der Waals surface area contributed by atoms with Gasteiger partial charge in [-0.05, 0) is 43.4 Å². The Bertz CT molecular complexity index is 1090.